The summed E-state index contributed by atoms with van der Waals surface area (Å²) in [5.41, 5.74) is 2.18. The number of carboxylic acids is 1. The normalized spacial score (nSPS) is 17.2. The van der Waals surface area contributed by atoms with E-state index in [0.717, 1.165) is 23.3 Å². The molecule has 2 N–H and O–H groups in total. The van der Waals surface area contributed by atoms with E-state index in [-0.39, 0.29) is 43.2 Å². The number of carbonyl (C=O) groups is 2. The lowest BCUT2D eigenvalue weighted by Gasteiger charge is -2.31. The van der Waals surface area contributed by atoms with Crippen molar-refractivity contribution in [2.24, 2.45) is 0 Å². The Bertz CT molecular complexity index is 1080. The first-order valence-corrected chi connectivity index (χ1v) is 10.4. The van der Waals surface area contributed by atoms with Crippen LogP contribution in [0.15, 0.2) is 54.6 Å². The van der Waals surface area contributed by atoms with Crippen LogP contribution < -0.4 is 20.5 Å². The predicted molar refractivity (Wildman–Crippen MR) is 116 cm³/mol. The molecule has 0 unspecified atom stereocenters. The summed E-state index contributed by atoms with van der Waals surface area (Å²) in [6.07, 6.45) is 0.835. The van der Waals surface area contributed by atoms with Crippen molar-refractivity contribution in [2.75, 3.05) is 17.7 Å². The topological polar surface area (TPSA) is 121 Å². The van der Waals surface area contributed by atoms with Crippen LogP contribution in [0.4, 0.5) is 11.9 Å². The van der Waals surface area contributed by atoms with Crippen LogP contribution in [-0.4, -0.2) is 33.8 Å². The van der Waals surface area contributed by atoms with Crippen molar-refractivity contribution in [3.8, 4) is 5.75 Å². The molecule has 2 heterocycles. The van der Waals surface area contributed by atoms with Crippen LogP contribution in [-0.2, 0) is 9.59 Å². The smallest absolute Gasteiger partial charge is 0.250 e. The fourth-order valence-electron chi connectivity index (χ4n) is 3.82. The van der Waals surface area contributed by atoms with Crippen LogP contribution in [0.25, 0.3) is 0 Å². The van der Waals surface area contributed by atoms with Crippen molar-refractivity contribution in [3.05, 3.63) is 65.7 Å². The Kier molecular flexibility index (Phi) is 6.34. The van der Waals surface area contributed by atoms with Crippen LogP contribution in [0, 0.1) is 0 Å². The fraction of sp³-hybridized carbons (Fsp3) is 0.304. The first kappa shape index (κ1) is 21.4. The van der Waals surface area contributed by atoms with Gasteiger partial charge in [0.2, 0.25) is 11.9 Å². The molecule has 0 bridgehead atoms. The van der Waals surface area contributed by atoms with Crippen molar-refractivity contribution < 1.29 is 19.4 Å². The van der Waals surface area contributed by atoms with E-state index in [1.165, 1.54) is 0 Å². The monoisotopic (exact) mass is 434 g/mol. The Labute approximate surface area is 185 Å². The molecule has 2 atom stereocenters. The highest BCUT2D eigenvalue weighted by Gasteiger charge is 2.31. The van der Waals surface area contributed by atoms with Crippen molar-refractivity contribution in [3.63, 3.8) is 0 Å². The van der Waals surface area contributed by atoms with E-state index in [2.05, 4.69) is 20.7 Å². The molecule has 1 aliphatic heterocycles. The third-order valence-electron chi connectivity index (χ3n) is 5.43. The van der Waals surface area contributed by atoms with Gasteiger partial charge in [-0.05, 0) is 42.5 Å². The van der Waals surface area contributed by atoms with Gasteiger partial charge in [-0.2, -0.15) is 4.98 Å². The number of amides is 1. The predicted octanol–water partition coefficient (Wildman–Crippen LogP) is 2.29. The van der Waals surface area contributed by atoms with Crippen LogP contribution in [0.2, 0.25) is 0 Å². The van der Waals surface area contributed by atoms with E-state index >= 15 is 0 Å². The quantitative estimate of drug-likeness (QED) is 0.558. The second kappa shape index (κ2) is 9.51. The molecule has 9 nitrogen and oxygen atoms in total. The minimum atomic E-state index is -1.17. The molecule has 0 aliphatic carbocycles. The number of aliphatic carboxylic acids is 1. The average Bonchev–Trinajstić information content (AvgIpc) is 3.21. The molecule has 1 amide bonds. The Hall–Kier alpha value is -3.88. The van der Waals surface area contributed by atoms with E-state index in [4.69, 9.17) is 4.74 Å². The number of hydrogen-bond acceptors (Lipinski definition) is 7. The first-order valence-electron chi connectivity index (χ1n) is 10.4. The van der Waals surface area contributed by atoms with Gasteiger partial charge in [0.15, 0.2) is 0 Å². The van der Waals surface area contributed by atoms with Crippen LogP contribution in [0.5, 0.6) is 5.75 Å². The number of nitrogens with one attached hydrogen (secondary N) is 2. The summed E-state index contributed by atoms with van der Waals surface area (Å²) < 4.78 is 7.05. The largest absolute Gasteiger partial charge is 0.550 e. The lowest BCUT2D eigenvalue weighted by Crippen LogP contribution is -2.28. The molecule has 0 saturated heterocycles. The summed E-state index contributed by atoms with van der Waals surface area (Å²) in [5.74, 6) is 0.0132. The summed E-state index contributed by atoms with van der Waals surface area (Å²) in [7, 11) is 1.64. The van der Waals surface area contributed by atoms with Gasteiger partial charge in [0, 0.05) is 12.4 Å². The second-order valence-electron chi connectivity index (χ2n) is 7.61. The van der Waals surface area contributed by atoms with E-state index < -0.39 is 5.97 Å². The maximum Gasteiger partial charge on any atom is 0.250 e. The molecule has 32 heavy (non-hydrogen) atoms. The summed E-state index contributed by atoms with van der Waals surface area (Å²) in [6.45, 7) is 0. The van der Waals surface area contributed by atoms with Crippen LogP contribution in [0.1, 0.15) is 48.9 Å². The van der Waals surface area contributed by atoms with E-state index in [0.29, 0.717) is 5.95 Å². The number of anilines is 2. The third kappa shape index (κ3) is 4.88. The summed E-state index contributed by atoms with van der Waals surface area (Å²) in [4.78, 5) is 27.2. The number of carbonyl (C=O) groups excluding carboxylic acids is 2. The summed E-state index contributed by atoms with van der Waals surface area (Å²) in [5, 5.41) is 21.1. The number of aromatic nitrogens is 3. The lowest BCUT2D eigenvalue weighted by molar-refractivity contribution is -0.305. The standard InChI is InChI=1S/C23H25N5O4/c1-32-17-12-10-15(11-13-17)18-14-19(16-6-3-2-4-7-16)28-23(24-18)26-22(27-28)25-20(29)8-5-9-21(30)31/h2-4,6-7,10-13,18-19H,5,8-9,14H2,1H3,(H,30,31)(H2,24,25,26,27,29)/p-1/t18-,19-/m1/s1. The molecule has 0 fully saturated rings. The first-order chi connectivity index (χ1) is 15.5. The molecule has 9 heteroatoms. The van der Waals surface area contributed by atoms with E-state index in [1.54, 1.807) is 11.8 Å². The van der Waals surface area contributed by atoms with Crippen molar-refractivity contribution in [2.45, 2.75) is 37.8 Å². The number of nitrogens with zero attached hydrogens (tertiary/aromatic N) is 3. The minimum absolute atomic E-state index is 0.00516. The fourth-order valence-corrected chi connectivity index (χ4v) is 3.82. The molecule has 1 aliphatic rings. The Balaban J connectivity index is 1.57. The maximum atomic E-state index is 12.2. The van der Waals surface area contributed by atoms with Gasteiger partial charge in [-0.25, -0.2) is 4.68 Å². The summed E-state index contributed by atoms with van der Waals surface area (Å²) >= 11 is 0. The molecule has 0 spiro atoms. The third-order valence-corrected chi connectivity index (χ3v) is 5.43. The SMILES string of the molecule is COc1ccc([C@H]2C[C@H](c3ccccc3)n3nc(NC(=O)CCCC(=O)[O-])nc3N2)cc1. The summed E-state index contributed by atoms with van der Waals surface area (Å²) in [6, 6.07) is 17.8. The van der Waals surface area contributed by atoms with Crippen molar-refractivity contribution in [1.29, 1.82) is 0 Å². The zero-order valence-electron chi connectivity index (χ0n) is 17.7. The number of carboxylic acid groups (broad SMARTS) is 1. The average molecular weight is 434 g/mol. The second-order valence-corrected chi connectivity index (χ2v) is 7.61. The Morgan fingerprint density at radius 1 is 1.12 bits per heavy atom. The highest BCUT2D eigenvalue weighted by molar-refractivity contribution is 5.89. The Morgan fingerprint density at radius 3 is 2.56 bits per heavy atom. The molecule has 4 rings (SSSR count). The van der Waals surface area contributed by atoms with Gasteiger partial charge in [-0.3, -0.25) is 10.1 Å². The number of fused-ring (bicyclic) bond motifs is 1. The van der Waals surface area contributed by atoms with Gasteiger partial charge < -0.3 is 20.0 Å². The van der Waals surface area contributed by atoms with Gasteiger partial charge in [0.1, 0.15) is 5.75 Å². The number of benzene rings is 2. The van der Waals surface area contributed by atoms with E-state index in [9.17, 15) is 14.7 Å². The lowest BCUT2D eigenvalue weighted by atomic mass is 9.93. The minimum Gasteiger partial charge on any atom is -0.550 e. The van der Waals surface area contributed by atoms with Gasteiger partial charge in [-0.1, -0.05) is 42.5 Å². The Morgan fingerprint density at radius 2 is 1.88 bits per heavy atom. The highest BCUT2D eigenvalue weighted by Crippen LogP contribution is 2.38. The molecule has 2 aromatic carbocycles. The van der Waals surface area contributed by atoms with Crippen molar-refractivity contribution in [1.82, 2.24) is 14.8 Å². The number of ether oxygens (including phenoxy) is 1. The number of methoxy groups -OCH3 is 1. The van der Waals surface area contributed by atoms with Crippen molar-refractivity contribution >= 4 is 23.8 Å². The number of rotatable bonds is 8. The zero-order valence-corrected chi connectivity index (χ0v) is 17.7. The number of hydrogen-bond donors (Lipinski definition) is 2. The zero-order chi connectivity index (χ0) is 22.5. The molecule has 166 valence electrons. The maximum absolute atomic E-state index is 12.2. The van der Waals surface area contributed by atoms with Gasteiger partial charge in [-0.15, -0.1) is 5.10 Å². The van der Waals surface area contributed by atoms with Crippen LogP contribution >= 0.6 is 0 Å². The molecule has 1 aromatic heterocycles. The highest BCUT2D eigenvalue weighted by atomic mass is 16.5. The van der Waals surface area contributed by atoms with E-state index in [1.807, 2.05) is 54.6 Å². The van der Waals surface area contributed by atoms with Crippen LogP contribution in [0.3, 0.4) is 0 Å². The molecule has 3 aromatic rings. The molecule has 0 saturated carbocycles. The van der Waals surface area contributed by atoms with Gasteiger partial charge in [0.25, 0.3) is 5.95 Å². The molecular weight excluding hydrogens is 410 g/mol. The molecular formula is C23H24N5O4-. The van der Waals surface area contributed by atoms with Gasteiger partial charge >= 0.3 is 0 Å². The van der Waals surface area contributed by atoms with Gasteiger partial charge in [0.05, 0.1) is 19.2 Å². The molecule has 0 radical (unpaired) electrons.